The van der Waals surface area contributed by atoms with Crippen molar-refractivity contribution in [2.45, 2.75) is 70.0 Å². The molecule has 0 radical (unpaired) electrons. The molecular formula is C13H23N3O3. The Labute approximate surface area is 113 Å². The maximum Gasteiger partial charge on any atom is 0.163 e. The molecule has 1 saturated heterocycles. The van der Waals surface area contributed by atoms with E-state index >= 15 is 0 Å². The highest BCUT2D eigenvalue weighted by Gasteiger charge is 2.45. The van der Waals surface area contributed by atoms with Crippen molar-refractivity contribution in [3.05, 3.63) is 10.4 Å². The molecule has 2 fully saturated rings. The standard InChI is InChI=1S/C13H23N3O3/c1-13(2)18-11(7-9-5-3-4-6-9)12(19-13)10(8-17)15-16-14/h9-12,17H,3-8H2,1-2H3/t10-,11-,12+/m1/s1. The first-order valence-electron chi connectivity index (χ1n) is 7.06. The summed E-state index contributed by atoms with van der Waals surface area (Å²) in [5.41, 5.74) is 8.58. The van der Waals surface area contributed by atoms with Crippen LogP contribution in [0.4, 0.5) is 0 Å². The molecule has 0 bridgehead atoms. The SMILES string of the molecule is CC1(C)O[C@@H]([C@@H](CO)N=[N+]=[N-])[C@@H](CC2CCCC2)O1. The smallest absolute Gasteiger partial charge is 0.163 e. The van der Waals surface area contributed by atoms with Gasteiger partial charge >= 0.3 is 0 Å². The van der Waals surface area contributed by atoms with Crippen molar-refractivity contribution < 1.29 is 14.6 Å². The summed E-state index contributed by atoms with van der Waals surface area (Å²) in [5, 5.41) is 13.0. The molecule has 0 spiro atoms. The minimum absolute atomic E-state index is 0.0965. The maximum absolute atomic E-state index is 9.37. The molecule has 2 aliphatic rings. The summed E-state index contributed by atoms with van der Waals surface area (Å²) in [4.78, 5) is 2.79. The number of hydrogen-bond donors (Lipinski definition) is 1. The van der Waals surface area contributed by atoms with E-state index in [0.717, 1.165) is 6.42 Å². The van der Waals surface area contributed by atoms with E-state index in [-0.39, 0.29) is 18.8 Å². The molecule has 0 unspecified atom stereocenters. The fraction of sp³-hybridized carbons (Fsp3) is 1.00. The summed E-state index contributed by atoms with van der Waals surface area (Å²) in [5.74, 6) is -0.0119. The van der Waals surface area contributed by atoms with Crippen molar-refractivity contribution in [3.63, 3.8) is 0 Å². The van der Waals surface area contributed by atoms with Crippen LogP contribution in [0.15, 0.2) is 5.11 Å². The van der Waals surface area contributed by atoms with Crippen molar-refractivity contribution in [2.75, 3.05) is 6.61 Å². The maximum atomic E-state index is 9.37. The molecule has 6 heteroatoms. The Morgan fingerprint density at radius 1 is 1.37 bits per heavy atom. The minimum atomic E-state index is -0.674. The molecule has 0 aromatic heterocycles. The number of hydrogen-bond acceptors (Lipinski definition) is 4. The van der Waals surface area contributed by atoms with Gasteiger partial charge in [-0.15, -0.1) is 0 Å². The number of aliphatic hydroxyl groups excluding tert-OH is 1. The van der Waals surface area contributed by atoms with E-state index < -0.39 is 11.8 Å². The van der Waals surface area contributed by atoms with Crippen LogP contribution in [0, 0.1) is 5.92 Å². The van der Waals surface area contributed by atoms with E-state index in [2.05, 4.69) is 10.0 Å². The number of nitrogens with zero attached hydrogens (tertiary/aromatic N) is 3. The van der Waals surface area contributed by atoms with Crippen LogP contribution in [0.3, 0.4) is 0 Å². The first-order valence-corrected chi connectivity index (χ1v) is 7.06. The predicted molar refractivity (Wildman–Crippen MR) is 70.4 cm³/mol. The zero-order valence-corrected chi connectivity index (χ0v) is 11.7. The van der Waals surface area contributed by atoms with Gasteiger partial charge in [-0.1, -0.05) is 30.8 Å². The third-order valence-corrected chi connectivity index (χ3v) is 4.03. The van der Waals surface area contributed by atoms with Crippen molar-refractivity contribution in [2.24, 2.45) is 11.0 Å². The third kappa shape index (κ3) is 3.60. The second-order valence-corrected chi connectivity index (χ2v) is 5.98. The quantitative estimate of drug-likeness (QED) is 0.473. The van der Waals surface area contributed by atoms with E-state index in [1.807, 2.05) is 13.8 Å². The average Bonchev–Trinajstić information content (AvgIpc) is 2.94. The lowest BCUT2D eigenvalue weighted by molar-refractivity contribution is -0.149. The zero-order valence-electron chi connectivity index (χ0n) is 11.7. The fourth-order valence-corrected chi connectivity index (χ4v) is 3.22. The molecule has 6 nitrogen and oxygen atoms in total. The van der Waals surface area contributed by atoms with E-state index in [9.17, 15) is 5.11 Å². The van der Waals surface area contributed by atoms with Crippen molar-refractivity contribution in [1.82, 2.24) is 0 Å². The molecular weight excluding hydrogens is 246 g/mol. The van der Waals surface area contributed by atoms with Gasteiger partial charge in [0.15, 0.2) is 5.79 Å². The molecule has 3 atom stereocenters. The first kappa shape index (κ1) is 14.6. The lowest BCUT2D eigenvalue weighted by Gasteiger charge is -2.23. The molecule has 0 aromatic carbocycles. The highest BCUT2D eigenvalue weighted by Crippen LogP contribution is 2.37. The Hall–Kier alpha value is -0.810. The van der Waals surface area contributed by atoms with Crippen LogP contribution in [0.5, 0.6) is 0 Å². The van der Waals surface area contributed by atoms with Crippen LogP contribution in [0.2, 0.25) is 0 Å². The summed E-state index contributed by atoms with van der Waals surface area (Å²) in [6.07, 6.45) is 5.51. The number of aliphatic hydroxyl groups is 1. The van der Waals surface area contributed by atoms with Gasteiger partial charge in [0.25, 0.3) is 0 Å². The Bertz CT molecular complexity index is 349. The monoisotopic (exact) mass is 269 g/mol. The van der Waals surface area contributed by atoms with E-state index in [1.165, 1.54) is 25.7 Å². The van der Waals surface area contributed by atoms with Gasteiger partial charge in [-0.05, 0) is 31.7 Å². The second kappa shape index (κ2) is 6.09. The van der Waals surface area contributed by atoms with Crippen molar-refractivity contribution in [1.29, 1.82) is 0 Å². The second-order valence-electron chi connectivity index (χ2n) is 5.98. The zero-order chi connectivity index (χ0) is 13.9. The predicted octanol–water partition coefficient (Wildman–Crippen LogP) is 2.76. The molecule has 19 heavy (non-hydrogen) atoms. The molecule has 1 aliphatic carbocycles. The van der Waals surface area contributed by atoms with Gasteiger partial charge < -0.3 is 14.6 Å². The molecule has 1 heterocycles. The van der Waals surface area contributed by atoms with Crippen molar-refractivity contribution in [3.8, 4) is 0 Å². The highest BCUT2D eigenvalue weighted by atomic mass is 16.8. The fourth-order valence-electron chi connectivity index (χ4n) is 3.22. The Morgan fingerprint density at radius 2 is 2.05 bits per heavy atom. The normalized spacial score (nSPS) is 32.2. The Balaban J connectivity index is 2.06. The minimum Gasteiger partial charge on any atom is -0.396 e. The molecule has 1 N–H and O–H groups in total. The van der Waals surface area contributed by atoms with Gasteiger partial charge in [0.2, 0.25) is 0 Å². The van der Waals surface area contributed by atoms with Crippen LogP contribution in [0.25, 0.3) is 10.4 Å². The van der Waals surface area contributed by atoms with Crippen molar-refractivity contribution >= 4 is 0 Å². The summed E-state index contributed by atoms with van der Waals surface area (Å²) in [6.45, 7) is 3.51. The number of azide groups is 1. The van der Waals surface area contributed by atoms with Crippen LogP contribution in [-0.4, -0.2) is 35.8 Å². The molecule has 1 saturated carbocycles. The summed E-state index contributed by atoms with van der Waals surface area (Å²) in [6, 6.07) is -0.571. The molecule has 2 rings (SSSR count). The van der Waals surface area contributed by atoms with Crippen LogP contribution in [-0.2, 0) is 9.47 Å². The first-order chi connectivity index (χ1) is 9.05. The third-order valence-electron chi connectivity index (χ3n) is 4.03. The molecule has 0 amide bonds. The van der Waals surface area contributed by atoms with Gasteiger partial charge in [0, 0.05) is 4.91 Å². The van der Waals surface area contributed by atoms with Gasteiger partial charge in [-0.2, -0.15) is 0 Å². The summed E-state index contributed by atoms with van der Waals surface area (Å²) < 4.78 is 11.8. The number of ether oxygens (including phenoxy) is 2. The summed E-state index contributed by atoms with van der Waals surface area (Å²) >= 11 is 0. The van der Waals surface area contributed by atoms with Crippen LogP contribution in [0.1, 0.15) is 46.0 Å². The molecule has 108 valence electrons. The van der Waals surface area contributed by atoms with Crippen LogP contribution < -0.4 is 0 Å². The Morgan fingerprint density at radius 3 is 2.63 bits per heavy atom. The van der Waals surface area contributed by atoms with Gasteiger partial charge in [-0.3, -0.25) is 0 Å². The average molecular weight is 269 g/mol. The highest BCUT2D eigenvalue weighted by molar-refractivity contribution is 4.91. The number of rotatable bonds is 5. The molecule has 0 aromatic rings. The topological polar surface area (TPSA) is 87.5 Å². The lowest BCUT2D eigenvalue weighted by Crippen LogP contribution is -2.37. The van der Waals surface area contributed by atoms with Gasteiger partial charge in [0.1, 0.15) is 0 Å². The Kier molecular flexibility index (Phi) is 4.68. The van der Waals surface area contributed by atoms with Gasteiger partial charge in [0.05, 0.1) is 24.9 Å². The summed E-state index contributed by atoms with van der Waals surface area (Å²) in [7, 11) is 0. The molecule has 1 aliphatic heterocycles. The van der Waals surface area contributed by atoms with E-state index in [1.54, 1.807) is 0 Å². The van der Waals surface area contributed by atoms with E-state index in [4.69, 9.17) is 15.0 Å². The van der Waals surface area contributed by atoms with E-state index in [0.29, 0.717) is 5.92 Å². The van der Waals surface area contributed by atoms with Gasteiger partial charge in [-0.25, -0.2) is 0 Å². The largest absolute Gasteiger partial charge is 0.396 e. The lowest BCUT2D eigenvalue weighted by atomic mass is 9.94. The van der Waals surface area contributed by atoms with Crippen LogP contribution >= 0.6 is 0 Å².